The van der Waals surface area contributed by atoms with E-state index in [4.69, 9.17) is 0 Å². The zero-order valence-electron chi connectivity index (χ0n) is 9.59. The maximum absolute atomic E-state index is 9.30. The van der Waals surface area contributed by atoms with Crippen molar-refractivity contribution in [3.8, 4) is 0 Å². The molecule has 0 aliphatic carbocycles. The highest BCUT2D eigenvalue weighted by Crippen LogP contribution is 2.18. The molecular formula is C13H22O. The molecule has 0 aliphatic rings. The van der Waals surface area contributed by atoms with Gasteiger partial charge in [-0.05, 0) is 37.0 Å². The van der Waals surface area contributed by atoms with E-state index in [-0.39, 0.29) is 5.76 Å². The third-order valence-corrected chi connectivity index (χ3v) is 2.28. The SMILES string of the molecule is C=C/C(O)=C\C(=C/C)CC(C)CCC. The van der Waals surface area contributed by atoms with Gasteiger partial charge in [0, 0.05) is 0 Å². The molecule has 0 heterocycles. The van der Waals surface area contributed by atoms with E-state index in [0.29, 0.717) is 5.92 Å². The van der Waals surface area contributed by atoms with Crippen LogP contribution >= 0.6 is 0 Å². The summed E-state index contributed by atoms with van der Waals surface area (Å²) in [7, 11) is 0. The molecule has 14 heavy (non-hydrogen) atoms. The van der Waals surface area contributed by atoms with Crippen LogP contribution in [0.3, 0.4) is 0 Å². The molecule has 1 N–H and O–H groups in total. The van der Waals surface area contributed by atoms with Gasteiger partial charge in [-0.25, -0.2) is 0 Å². The summed E-state index contributed by atoms with van der Waals surface area (Å²) in [5, 5.41) is 9.30. The number of hydrogen-bond donors (Lipinski definition) is 1. The summed E-state index contributed by atoms with van der Waals surface area (Å²) < 4.78 is 0. The Hall–Kier alpha value is -0.980. The predicted molar refractivity (Wildman–Crippen MR) is 63.4 cm³/mol. The van der Waals surface area contributed by atoms with Gasteiger partial charge in [-0.2, -0.15) is 0 Å². The van der Waals surface area contributed by atoms with E-state index in [2.05, 4.69) is 20.4 Å². The lowest BCUT2D eigenvalue weighted by molar-refractivity contribution is 0.431. The van der Waals surface area contributed by atoms with Gasteiger partial charge in [0.25, 0.3) is 0 Å². The first kappa shape index (κ1) is 13.0. The van der Waals surface area contributed by atoms with Crippen LogP contribution in [0.4, 0.5) is 0 Å². The first-order valence-electron chi connectivity index (χ1n) is 5.32. The summed E-state index contributed by atoms with van der Waals surface area (Å²) in [4.78, 5) is 0. The Morgan fingerprint density at radius 3 is 2.57 bits per heavy atom. The van der Waals surface area contributed by atoms with Crippen molar-refractivity contribution < 1.29 is 5.11 Å². The highest BCUT2D eigenvalue weighted by molar-refractivity contribution is 5.24. The molecule has 1 heteroatoms. The second-order valence-electron chi connectivity index (χ2n) is 3.73. The summed E-state index contributed by atoms with van der Waals surface area (Å²) in [6.07, 6.45) is 8.79. The summed E-state index contributed by atoms with van der Waals surface area (Å²) in [5.74, 6) is 0.932. The van der Waals surface area contributed by atoms with Gasteiger partial charge >= 0.3 is 0 Å². The minimum absolute atomic E-state index is 0.252. The molecule has 1 unspecified atom stereocenters. The molecule has 0 radical (unpaired) electrons. The van der Waals surface area contributed by atoms with Crippen molar-refractivity contribution in [1.82, 2.24) is 0 Å². The number of aliphatic hydroxyl groups excluding tert-OH is 1. The molecule has 0 fully saturated rings. The van der Waals surface area contributed by atoms with Crippen LogP contribution in [0.25, 0.3) is 0 Å². The minimum Gasteiger partial charge on any atom is -0.508 e. The molecule has 1 atom stereocenters. The molecule has 0 spiro atoms. The van der Waals surface area contributed by atoms with Gasteiger partial charge in [0.2, 0.25) is 0 Å². The summed E-state index contributed by atoms with van der Waals surface area (Å²) in [5.41, 5.74) is 1.18. The molecular weight excluding hydrogens is 172 g/mol. The lowest BCUT2D eigenvalue weighted by Crippen LogP contribution is -1.95. The van der Waals surface area contributed by atoms with Crippen LogP contribution in [0.5, 0.6) is 0 Å². The van der Waals surface area contributed by atoms with Crippen molar-refractivity contribution in [2.45, 2.75) is 40.0 Å². The van der Waals surface area contributed by atoms with E-state index >= 15 is 0 Å². The third kappa shape index (κ3) is 5.63. The van der Waals surface area contributed by atoms with Crippen molar-refractivity contribution >= 4 is 0 Å². The van der Waals surface area contributed by atoms with E-state index in [9.17, 15) is 5.11 Å². The van der Waals surface area contributed by atoms with E-state index in [1.54, 1.807) is 6.08 Å². The van der Waals surface area contributed by atoms with Gasteiger partial charge in [-0.3, -0.25) is 0 Å². The molecule has 0 bridgehead atoms. The number of allylic oxidation sites excluding steroid dienone is 4. The second kappa shape index (κ2) is 7.43. The van der Waals surface area contributed by atoms with Crippen LogP contribution in [-0.2, 0) is 0 Å². The Labute approximate surface area is 87.8 Å². The Morgan fingerprint density at radius 2 is 2.14 bits per heavy atom. The zero-order chi connectivity index (χ0) is 11.0. The number of aliphatic hydroxyl groups is 1. The molecule has 0 aromatic rings. The molecule has 0 aromatic carbocycles. The largest absolute Gasteiger partial charge is 0.508 e. The van der Waals surface area contributed by atoms with E-state index in [1.807, 2.05) is 13.0 Å². The molecule has 0 aliphatic heterocycles. The van der Waals surface area contributed by atoms with Gasteiger partial charge in [-0.15, -0.1) is 0 Å². The minimum atomic E-state index is 0.252. The fourth-order valence-electron chi connectivity index (χ4n) is 1.51. The summed E-state index contributed by atoms with van der Waals surface area (Å²) in [6, 6.07) is 0. The van der Waals surface area contributed by atoms with Crippen LogP contribution in [-0.4, -0.2) is 5.11 Å². The normalized spacial score (nSPS) is 15.4. The zero-order valence-corrected chi connectivity index (χ0v) is 9.59. The summed E-state index contributed by atoms with van der Waals surface area (Å²) >= 11 is 0. The van der Waals surface area contributed by atoms with Crippen LogP contribution in [0.15, 0.2) is 36.1 Å². The second-order valence-corrected chi connectivity index (χ2v) is 3.73. The summed E-state index contributed by atoms with van der Waals surface area (Å²) in [6.45, 7) is 9.96. The van der Waals surface area contributed by atoms with Crippen LogP contribution in [0.2, 0.25) is 0 Å². The quantitative estimate of drug-likeness (QED) is 0.491. The molecule has 0 aromatic heterocycles. The Kier molecular flexibility index (Phi) is 6.91. The van der Waals surface area contributed by atoms with Crippen molar-refractivity contribution in [1.29, 1.82) is 0 Å². The Bertz CT molecular complexity index is 223. The van der Waals surface area contributed by atoms with Gasteiger partial charge in [0.05, 0.1) is 0 Å². The average molecular weight is 194 g/mol. The van der Waals surface area contributed by atoms with Crippen LogP contribution in [0, 0.1) is 5.92 Å². The van der Waals surface area contributed by atoms with Gasteiger partial charge < -0.3 is 5.11 Å². The monoisotopic (exact) mass is 194 g/mol. The van der Waals surface area contributed by atoms with Crippen LogP contribution < -0.4 is 0 Å². The number of hydrogen-bond acceptors (Lipinski definition) is 1. The fourth-order valence-corrected chi connectivity index (χ4v) is 1.51. The Morgan fingerprint density at radius 1 is 1.50 bits per heavy atom. The van der Waals surface area contributed by atoms with Crippen molar-refractivity contribution in [3.63, 3.8) is 0 Å². The molecule has 0 saturated carbocycles. The maximum Gasteiger partial charge on any atom is 0.115 e. The average Bonchev–Trinajstić information content (AvgIpc) is 2.16. The lowest BCUT2D eigenvalue weighted by atomic mass is 9.96. The molecule has 0 saturated heterocycles. The van der Waals surface area contributed by atoms with Crippen LogP contribution in [0.1, 0.15) is 40.0 Å². The first-order valence-corrected chi connectivity index (χ1v) is 5.32. The number of rotatable bonds is 6. The predicted octanol–water partition coefficient (Wildman–Crippen LogP) is 4.39. The van der Waals surface area contributed by atoms with E-state index < -0.39 is 0 Å². The topological polar surface area (TPSA) is 20.2 Å². The fraction of sp³-hybridized carbons (Fsp3) is 0.538. The van der Waals surface area contributed by atoms with Gasteiger partial charge in [0.15, 0.2) is 0 Å². The molecule has 1 nitrogen and oxygen atoms in total. The standard InChI is InChI=1S/C13H22O/c1-5-8-11(4)9-12(6-2)10-13(14)7-3/h6-7,10-11,14H,3,5,8-9H2,1-2,4H3/b12-6-,13-10+. The van der Waals surface area contributed by atoms with Gasteiger partial charge in [0.1, 0.15) is 5.76 Å². The molecule has 0 amide bonds. The van der Waals surface area contributed by atoms with E-state index in [1.165, 1.54) is 24.5 Å². The maximum atomic E-state index is 9.30. The molecule has 80 valence electrons. The van der Waals surface area contributed by atoms with E-state index in [0.717, 1.165) is 6.42 Å². The van der Waals surface area contributed by atoms with Crippen molar-refractivity contribution in [2.24, 2.45) is 5.92 Å². The van der Waals surface area contributed by atoms with Crippen molar-refractivity contribution in [3.05, 3.63) is 36.1 Å². The lowest BCUT2D eigenvalue weighted by Gasteiger charge is -2.10. The highest BCUT2D eigenvalue weighted by Gasteiger charge is 2.03. The van der Waals surface area contributed by atoms with Crippen molar-refractivity contribution in [2.75, 3.05) is 0 Å². The smallest absolute Gasteiger partial charge is 0.115 e. The third-order valence-electron chi connectivity index (χ3n) is 2.28. The molecule has 0 rings (SSSR count). The van der Waals surface area contributed by atoms with Gasteiger partial charge in [-0.1, -0.05) is 39.3 Å². The first-order chi connectivity index (χ1) is 6.63. The highest BCUT2D eigenvalue weighted by atomic mass is 16.3. The Balaban J connectivity index is 4.24.